The quantitative estimate of drug-likeness (QED) is 0.108. The first-order chi connectivity index (χ1) is 20.3. The van der Waals surface area contributed by atoms with Crippen molar-refractivity contribution in [1.29, 1.82) is 0 Å². The van der Waals surface area contributed by atoms with Crippen LogP contribution in [0.4, 0.5) is 5.82 Å². The summed E-state index contributed by atoms with van der Waals surface area (Å²) in [7, 11) is 0. The van der Waals surface area contributed by atoms with Crippen LogP contribution < -0.4 is 10.9 Å². The first-order valence-corrected chi connectivity index (χ1v) is 15.5. The highest BCUT2D eigenvalue weighted by molar-refractivity contribution is 8.26. The Kier molecular flexibility index (Phi) is 11.7. The van der Waals surface area contributed by atoms with E-state index >= 15 is 0 Å². The Hall–Kier alpha value is -3.54. The minimum Gasteiger partial charge on any atom is -0.481 e. The third kappa shape index (κ3) is 8.50. The molecule has 3 N–H and O–H groups in total. The number of carboxylic acid groups (broad SMARTS) is 1. The fraction of sp³-hybridized carbons (Fsp3) is 0.387. The Morgan fingerprint density at radius 3 is 2.36 bits per heavy atom. The largest absolute Gasteiger partial charge is 0.481 e. The normalized spacial score (nSPS) is 15.1. The van der Waals surface area contributed by atoms with Gasteiger partial charge in [0.05, 0.1) is 16.6 Å². The van der Waals surface area contributed by atoms with Crippen molar-refractivity contribution in [3.05, 3.63) is 81.1 Å². The predicted octanol–water partition coefficient (Wildman–Crippen LogP) is 5.64. The van der Waals surface area contributed by atoms with Crippen LogP contribution in [0.3, 0.4) is 0 Å². The molecule has 1 saturated heterocycles. The van der Waals surface area contributed by atoms with Crippen LogP contribution in [0.15, 0.2) is 64.4 Å². The number of hydrogen-bond donors (Lipinski definition) is 3. The van der Waals surface area contributed by atoms with Gasteiger partial charge in [0.25, 0.3) is 11.5 Å². The van der Waals surface area contributed by atoms with E-state index in [9.17, 15) is 19.5 Å². The summed E-state index contributed by atoms with van der Waals surface area (Å²) in [5, 5.41) is 22.5. The number of nitrogens with one attached hydrogen (secondary N) is 1. The predicted molar refractivity (Wildman–Crippen MR) is 170 cm³/mol. The number of anilines is 1. The number of nitrogens with zero attached hydrogens (tertiary/aromatic N) is 3. The Bertz CT molecular complexity index is 1490. The number of carboxylic acids is 1. The number of carbonyl (C=O) groups is 2. The SMILES string of the molecule is O=C(O)CCCCCCCCCCN1C(=O)C(=Cc2c(NCC(O)c3ccccc3)nc3ccccn3c2=O)SC1=S. The number of pyridine rings is 1. The van der Waals surface area contributed by atoms with Crippen molar-refractivity contribution in [2.45, 2.75) is 63.9 Å². The lowest BCUT2D eigenvalue weighted by molar-refractivity contribution is -0.137. The van der Waals surface area contributed by atoms with Crippen LogP contribution in [-0.4, -0.2) is 53.8 Å². The van der Waals surface area contributed by atoms with Gasteiger partial charge < -0.3 is 15.5 Å². The smallest absolute Gasteiger partial charge is 0.303 e. The van der Waals surface area contributed by atoms with E-state index in [0.29, 0.717) is 21.4 Å². The molecule has 222 valence electrons. The summed E-state index contributed by atoms with van der Waals surface area (Å²) in [5.41, 5.74) is 1.08. The highest BCUT2D eigenvalue weighted by Crippen LogP contribution is 2.33. The molecule has 11 heteroatoms. The summed E-state index contributed by atoms with van der Waals surface area (Å²) in [6.45, 7) is 0.646. The fourth-order valence-electron chi connectivity index (χ4n) is 4.78. The van der Waals surface area contributed by atoms with Gasteiger partial charge in [-0.2, -0.15) is 0 Å². The summed E-state index contributed by atoms with van der Waals surface area (Å²) in [5.74, 6) is -0.678. The van der Waals surface area contributed by atoms with Crippen molar-refractivity contribution in [3.8, 4) is 0 Å². The lowest BCUT2D eigenvalue weighted by Crippen LogP contribution is -2.29. The summed E-state index contributed by atoms with van der Waals surface area (Å²) in [6.07, 6.45) is 10.3. The zero-order valence-electron chi connectivity index (χ0n) is 23.4. The molecular formula is C31H36N4O5S2. The molecule has 3 aromatic rings. The molecule has 1 aromatic carbocycles. The molecule has 0 saturated carbocycles. The standard InChI is InChI=1S/C31H36N4O5S2/c36-24(22-14-8-7-9-15-22)21-32-28-23(29(39)34-18-13-11-16-26(34)33-28)20-25-30(40)35(31(41)42-25)19-12-6-4-2-1-3-5-10-17-27(37)38/h7-9,11,13-16,18,20,24,32,36H,1-6,10,12,17,19,21H2,(H,37,38). The lowest BCUT2D eigenvalue weighted by atomic mass is 10.1. The molecule has 4 rings (SSSR count). The van der Waals surface area contributed by atoms with Crippen molar-refractivity contribution in [2.75, 3.05) is 18.4 Å². The minimum atomic E-state index is -0.815. The molecule has 1 atom stereocenters. The summed E-state index contributed by atoms with van der Waals surface area (Å²) >= 11 is 6.69. The van der Waals surface area contributed by atoms with Crippen LogP contribution in [0.5, 0.6) is 0 Å². The number of aliphatic carboxylic acids is 1. The number of carbonyl (C=O) groups excluding carboxylic acids is 1. The molecule has 42 heavy (non-hydrogen) atoms. The second-order valence-electron chi connectivity index (χ2n) is 10.2. The number of aromatic nitrogens is 2. The van der Waals surface area contributed by atoms with E-state index in [0.717, 1.165) is 56.9 Å². The number of thioether (sulfide) groups is 1. The molecule has 2 aromatic heterocycles. The topological polar surface area (TPSA) is 124 Å². The Balaban J connectivity index is 1.39. The number of rotatable bonds is 16. The zero-order chi connectivity index (χ0) is 29.9. The lowest BCUT2D eigenvalue weighted by Gasteiger charge is -2.15. The number of hydrogen-bond acceptors (Lipinski definition) is 8. The third-order valence-corrected chi connectivity index (χ3v) is 8.47. The third-order valence-electron chi connectivity index (χ3n) is 7.09. The van der Waals surface area contributed by atoms with Gasteiger partial charge >= 0.3 is 5.97 Å². The second kappa shape index (κ2) is 15.6. The first-order valence-electron chi connectivity index (χ1n) is 14.3. The first kappa shape index (κ1) is 31.4. The Labute approximate surface area is 254 Å². The highest BCUT2D eigenvalue weighted by atomic mass is 32.2. The number of aliphatic hydroxyl groups is 1. The number of unbranched alkanes of at least 4 members (excludes halogenated alkanes) is 7. The summed E-state index contributed by atoms with van der Waals surface area (Å²) < 4.78 is 1.89. The number of fused-ring (bicyclic) bond motifs is 1. The van der Waals surface area contributed by atoms with Crippen LogP contribution in [0.25, 0.3) is 11.7 Å². The van der Waals surface area contributed by atoms with Crippen molar-refractivity contribution in [1.82, 2.24) is 14.3 Å². The maximum absolute atomic E-state index is 13.5. The zero-order valence-corrected chi connectivity index (χ0v) is 25.0. The molecule has 0 radical (unpaired) electrons. The molecule has 1 amide bonds. The van der Waals surface area contributed by atoms with Gasteiger partial charge in [0, 0.05) is 25.7 Å². The van der Waals surface area contributed by atoms with Crippen molar-refractivity contribution >= 4 is 57.7 Å². The average molecular weight is 609 g/mol. The van der Waals surface area contributed by atoms with E-state index in [2.05, 4.69) is 10.3 Å². The van der Waals surface area contributed by atoms with Gasteiger partial charge in [0.2, 0.25) is 0 Å². The molecule has 9 nitrogen and oxygen atoms in total. The van der Waals surface area contributed by atoms with Crippen molar-refractivity contribution in [2.24, 2.45) is 0 Å². The van der Waals surface area contributed by atoms with Crippen molar-refractivity contribution < 1.29 is 19.8 Å². The van der Waals surface area contributed by atoms with E-state index in [1.807, 2.05) is 30.3 Å². The Morgan fingerprint density at radius 2 is 1.64 bits per heavy atom. The van der Waals surface area contributed by atoms with E-state index in [-0.39, 0.29) is 35.8 Å². The molecule has 1 aliphatic heterocycles. The van der Waals surface area contributed by atoms with Gasteiger partial charge in [-0.05, 0) is 36.6 Å². The molecule has 0 bridgehead atoms. The van der Waals surface area contributed by atoms with Crippen LogP contribution in [0.1, 0.15) is 75.0 Å². The van der Waals surface area contributed by atoms with Gasteiger partial charge in [-0.1, -0.05) is 98.9 Å². The van der Waals surface area contributed by atoms with E-state index in [4.69, 9.17) is 17.3 Å². The van der Waals surface area contributed by atoms with Gasteiger partial charge in [-0.3, -0.25) is 23.7 Å². The molecule has 1 aliphatic rings. The Morgan fingerprint density at radius 1 is 0.976 bits per heavy atom. The molecule has 1 fully saturated rings. The van der Waals surface area contributed by atoms with E-state index < -0.39 is 12.1 Å². The molecule has 1 unspecified atom stereocenters. The monoisotopic (exact) mass is 608 g/mol. The molecule has 3 heterocycles. The van der Waals surface area contributed by atoms with E-state index in [1.165, 1.54) is 16.2 Å². The van der Waals surface area contributed by atoms with Crippen LogP contribution in [0, 0.1) is 0 Å². The minimum absolute atomic E-state index is 0.129. The van der Waals surface area contributed by atoms with Gasteiger partial charge in [0.1, 0.15) is 15.8 Å². The van der Waals surface area contributed by atoms with E-state index in [1.54, 1.807) is 35.4 Å². The van der Waals surface area contributed by atoms with Gasteiger partial charge in [0.15, 0.2) is 0 Å². The highest BCUT2D eigenvalue weighted by Gasteiger charge is 2.32. The van der Waals surface area contributed by atoms with Crippen LogP contribution >= 0.6 is 24.0 Å². The van der Waals surface area contributed by atoms with Crippen molar-refractivity contribution in [3.63, 3.8) is 0 Å². The molecule has 0 aliphatic carbocycles. The maximum Gasteiger partial charge on any atom is 0.303 e. The fourth-order valence-corrected chi connectivity index (χ4v) is 6.07. The summed E-state index contributed by atoms with van der Waals surface area (Å²) in [4.78, 5) is 43.9. The number of aliphatic hydroxyl groups excluding tert-OH is 1. The number of amides is 1. The van der Waals surface area contributed by atoms with Crippen LogP contribution in [0.2, 0.25) is 0 Å². The molecular weight excluding hydrogens is 572 g/mol. The number of benzene rings is 1. The second-order valence-corrected chi connectivity index (χ2v) is 11.9. The summed E-state index contributed by atoms with van der Waals surface area (Å²) in [6, 6.07) is 14.5. The molecule has 0 spiro atoms. The maximum atomic E-state index is 13.5. The van der Waals surface area contributed by atoms with Gasteiger partial charge in [-0.25, -0.2) is 4.98 Å². The average Bonchev–Trinajstić information content (AvgIpc) is 3.26. The number of thiocarbonyl (C=S) groups is 1. The van der Waals surface area contributed by atoms with Gasteiger partial charge in [-0.15, -0.1) is 0 Å². The van der Waals surface area contributed by atoms with Crippen LogP contribution in [-0.2, 0) is 9.59 Å².